The van der Waals surface area contributed by atoms with Gasteiger partial charge in [-0.15, -0.1) is 0 Å². The van der Waals surface area contributed by atoms with E-state index in [1.807, 2.05) is 36.9 Å². The summed E-state index contributed by atoms with van der Waals surface area (Å²) in [5.74, 6) is -0.205. The lowest BCUT2D eigenvalue weighted by molar-refractivity contribution is -0.137. The van der Waals surface area contributed by atoms with Crippen molar-refractivity contribution in [2.75, 3.05) is 6.54 Å². The average molecular weight is 481 g/mol. The molecule has 0 atom stereocenters. The Bertz CT molecular complexity index is 1260. The third-order valence-electron chi connectivity index (χ3n) is 6.30. The van der Waals surface area contributed by atoms with Gasteiger partial charge in [-0.1, -0.05) is 62.4 Å². The van der Waals surface area contributed by atoms with Crippen LogP contribution in [0.1, 0.15) is 47.3 Å². The smallest absolute Gasteiger partial charge is 0.366 e. The topological polar surface area (TPSA) is 63.4 Å². The molecule has 0 unspecified atom stereocenters. The molecule has 7 heteroatoms. The zero-order valence-corrected chi connectivity index (χ0v) is 19.7. The number of hydrogen-bond donors (Lipinski definition) is 1. The maximum atomic E-state index is 13.0. The number of primary amides is 1. The van der Waals surface area contributed by atoms with Crippen LogP contribution in [0.25, 0.3) is 22.3 Å². The van der Waals surface area contributed by atoms with Crippen molar-refractivity contribution in [3.8, 4) is 22.3 Å². The van der Waals surface area contributed by atoms with Crippen LogP contribution >= 0.6 is 0 Å². The fraction of sp³-hybridized carbons (Fsp3) is 0.286. The van der Waals surface area contributed by atoms with Crippen molar-refractivity contribution in [3.63, 3.8) is 0 Å². The van der Waals surface area contributed by atoms with Crippen LogP contribution in [0.3, 0.4) is 0 Å². The van der Waals surface area contributed by atoms with E-state index in [1.165, 1.54) is 12.1 Å². The van der Waals surface area contributed by atoms with Gasteiger partial charge >= 0.3 is 6.18 Å². The van der Waals surface area contributed by atoms with Crippen LogP contribution in [0.15, 0.2) is 60.7 Å². The molecular formula is C28H27F3N2O2. The second-order valence-electron chi connectivity index (χ2n) is 9.31. The van der Waals surface area contributed by atoms with E-state index in [2.05, 4.69) is 0 Å². The van der Waals surface area contributed by atoms with E-state index in [4.69, 9.17) is 5.73 Å². The molecule has 3 aromatic rings. The van der Waals surface area contributed by atoms with Gasteiger partial charge in [0, 0.05) is 19.5 Å². The van der Waals surface area contributed by atoms with Gasteiger partial charge < -0.3 is 10.6 Å². The quantitative estimate of drug-likeness (QED) is 0.482. The predicted octanol–water partition coefficient (Wildman–Crippen LogP) is 6.07. The number of carbonyl (C=O) groups is 2. The molecule has 0 saturated carbocycles. The lowest BCUT2D eigenvalue weighted by Gasteiger charge is -2.30. The minimum absolute atomic E-state index is 0.148. The Hall–Kier alpha value is -3.61. The lowest BCUT2D eigenvalue weighted by atomic mass is 9.88. The highest BCUT2D eigenvalue weighted by Gasteiger charge is 2.30. The summed E-state index contributed by atoms with van der Waals surface area (Å²) in [6.45, 7) is 5.24. The summed E-state index contributed by atoms with van der Waals surface area (Å²) in [7, 11) is 0. The molecule has 3 aromatic carbocycles. The highest BCUT2D eigenvalue weighted by Crippen LogP contribution is 2.36. The highest BCUT2D eigenvalue weighted by atomic mass is 19.4. The van der Waals surface area contributed by atoms with E-state index in [0.29, 0.717) is 48.5 Å². The number of halogens is 3. The van der Waals surface area contributed by atoms with Gasteiger partial charge in [0.25, 0.3) is 0 Å². The Morgan fingerprint density at radius 3 is 2.17 bits per heavy atom. The van der Waals surface area contributed by atoms with E-state index in [0.717, 1.165) is 28.8 Å². The number of amides is 2. The molecule has 4 rings (SSSR count). The molecule has 2 amide bonds. The number of hydrogen-bond acceptors (Lipinski definition) is 2. The van der Waals surface area contributed by atoms with E-state index in [1.54, 1.807) is 18.2 Å². The van der Waals surface area contributed by atoms with E-state index in [-0.39, 0.29) is 11.5 Å². The van der Waals surface area contributed by atoms with Crippen LogP contribution in [0, 0.1) is 5.92 Å². The molecule has 1 aliphatic rings. The van der Waals surface area contributed by atoms with E-state index < -0.39 is 17.6 Å². The summed E-state index contributed by atoms with van der Waals surface area (Å²) in [6.07, 6.45) is -3.21. The molecule has 0 aliphatic carbocycles. The molecule has 0 bridgehead atoms. The van der Waals surface area contributed by atoms with Crippen LogP contribution in [0.4, 0.5) is 13.2 Å². The van der Waals surface area contributed by atoms with Crippen molar-refractivity contribution in [2.24, 2.45) is 11.7 Å². The maximum Gasteiger partial charge on any atom is 0.416 e. The van der Waals surface area contributed by atoms with Crippen molar-refractivity contribution in [1.29, 1.82) is 0 Å². The predicted molar refractivity (Wildman–Crippen MR) is 129 cm³/mol. The van der Waals surface area contributed by atoms with Crippen LogP contribution in [-0.4, -0.2) is 23.3 Å². The number of nitrogens with two attached hydrogens (primary N) is 1. The molecule has 35 heavy (non-hydrogen) atoms. The van der Waals surface area contributed by atoms with Gasteiger partial charge in [-0.3, -0.25) is 9.59 Å². The van der Waals surface area contributed by atoms with Crippen molar-refractivity contribution < 1.29 is 22.8 Å². The van der Waals surface area contributed by atoms with Gasteiger partial charge in [0.1, 0.15) is 0 Å². The largest absolute Gasteiger partial charge is 0.416 e. The molecule has 1 heterocycles. The fourth-order valence-corrected chi connectivity index (χ4v) is 4.55. The average Bonchev–Trinajstić information content (AvgIpc) is 2.82. The van der Waals surface area contributed by atoms with Gasteiger partial charge in [-0.2, -0.15) is 13.2 Å². The van der Waals surface area contributed by atoms with Crippen LogP contribution in [0.5, 0.6) is 0 Å². The molecule has 2 N–H and O–H groups in total. The number of alkyl halides is 3. The van der Waals surface area contributed by atoms with E-state index in [9.17, 15) is 22.8 Å². The van der Waals surface area contributed by atoms with Crippen LogP contribution in [0.2, 0.25) is 0 Å². The molecule has 0 radical (unpaired) electrons. The minimum Gasteiger partial charge on any atom is -0.366 e. The highest BCUT2D eigenvalue weighted by molar-refractivity contribution is 6.06. The second kappa shape index (κ2) is 9.56. The third kappa shape index (κ3) is 5.24. The van der Waals surface area contributed by atoms with E-state index >= 15 is 0 Å². The third-order valence-corrected chi connectivity index (χ3v) is 6.30. The van der Waals surface area contributed by atoms with Gasteiger partial charge in [0.05, 0.1) is 11.1 Å². The maximum absolute atomic E-state index is 13.0. The first-order valence-electron chi connectivity index (χ1n) is 11.5. The molecule has 0 fully saturated rings. The van der Waals surface area contributed by atoms with Gasteiger partial charge in [-0.25, -0.2) is 0 Å². The summed E-state index contributed by atoms with van der Waals surface area (Å²) >= 11 is 0. The number of fused-ring (bicyclic) bond motifs is 1. The Labute approximate surface area is 202 Å². The Kier molecular flexibility index (Phi) is 6.70. The summed E-state index contributed by atoms with van der Waals surface area (Å²) in [6, 6.07) is 15.8. The monoisotopic (exact) mass is 480 g/mol. The van der Waals surface area contributed by atoms with Crippen molar-refractivity contribution in [1.82, 2.24) is 4.90 Å². The molecule has 182 valence electrons. The first-order chi connectivity index (χ1) is 16.5. The van der Waals surface area contributed by atoms with Crippen molar-refractivity contribution in [2.45, 2.75) is 39.4 Å². The minimum atomic E-state index is -4.44. The summed E-state index contributed by atoms with van der Waals surface area (Å²) in [5, 5.41) is 0. The zero-order valence-electron chi connectivity index (χ0n) is 19.7. The number of benzene rings is 3. The summed E-state index contributed by atoms with van der Waals surface area (Å²) in [4.78, 5) is 26.9. The Morgan fingerprint density at radius 2 is 1.57 bits per heavy atom. The zero-order chi connectivity index (χ0) is 25.3. The van der Waals surface area contributed by atoms with Crippen LogP contribution in [-0.2, 0) is 23.9 Å². The summed E-state index contributed by atoms with van der Waals surface area (Å²) in [5.41, 5.74) is 9.81. The number of nitrogens with zero attached hydrogens (tertiary/aromatic N) is 1. The molecule has 0 saturated heterocycles. The molecule has 1 aliphatic heterocycles. The van der Waals surface area contributed by atoms with Gasteiger partial charge in [0.2, 0.25) is 11.8 Å². The fourth-order valence-electron chi connectivity index (χ4n) is 4.55. The molecule has 4 nitrogen and oxygen atoms in total. The second-order valence-corrected chi connectivity index (χ2v) is 9.31. The summed E-state index contributed by atoms with van der Waals surface area (Å²) < 4.78 is 38.9. The standard InChI is InChI=1S/C28H27F3N2O2/c1-17(2)14-25(34)33-13-12-19-15-20(6-7-21(19)16-33)24-5-3-4-23(26(24)27(32)35)18-8-10-22(11-9-18)28(29,30)31/h3-11,15,17H,12-14,16H2,1-2H3,(H2,32,35). The van der Waals surface area contributed by atoms with Gasteiger partial charge in [0.15, 0.2) is 0 Å². The van der Waals surface area contributed by atoms with Crippen LogP contribution < -0.4 is 5.73 Å². The Morgan fingerprint density at radius 1 is 0.943 bits per heavy atom. The van der Waals surface area contributed by atoms with Crippen molar-refractivity contribution in [3.05, 3.63) is 82.9 Å². The SMILES string of the molecule is CC(C)CC(=O)N1CCc2cc(-c3cccc(-c4ccc(C(F)(F)F)cc4)c3C(N)=O)ccc2C1. The number of carbonyl (C=O) groups excluding carboxylic acids is 2. The normalized spacial score (nSPS) is 13.6. The number of rotatable bonds is 5. The molecule has 0 aromatic heterocycles. The van der Waals surface area contributed by atoms with Gasteiger partial charge in [-0.05, 0) is 57.9 Å². The molecular weight excluding hydrogens is 453 g/mol. The first kappa shape index (κ1) is 24.5. The Balaban J connectivity index is 1.69. The van der Waals surface area contributed by atoms with Crippen molar-refractivity contribution >= 4 is 11.8 Å². The lowest BCUT2D eigenvalue weighted by Crippen LogP contribution is -2.36. The first-order valence-corrected chi connectivity index (χ1v) is 11.5. The molecule has 0 spiro atoms.